The Morgan fingerprint density at radius 1 is 1.10 bits per heavy atom. The van der Waals surface area contributed by atoms with Gasteiger partial charge in [-0.25, -0.2) is 0 Å². The maximum Gasteiger partial charge on any atom is 0.0753 e. The minimum Gasteiger partial charge on any atom is -0.384 e. The summed E-state index contributed by atoms with van der Waals surface area (Å²) in [4.78, 5) is 8.48. The van der Waals surface area contributed by atoms with Crippen LogP contribution in [0.3, 0.4) is 0 Å². The Labute approximate surface area is 122 Å². The molecule has 1 aromatic carbocycles. The molecule has 0 saturated carbocycles. The lowest BCUT2D eigenvalue weighted by Crippen LogP contribution is -2.05. The zero-order chi connectivity index (χ0) is 13.8. The molecule has 0 aliphatic heterocycles. The molecule has 0 atom stereocenters. The average molecular weight is 284 g/mol. The van der Waals surface area contributed by atoms with Crippen LogP contribution in [0.2, 0.25) is 5.02 Å². The third kappa shape index (κ3) is 2.89. The van der Waals surface area contributed by atoms with Gasteiger partial charge in [0.05, 0.1) is 5.52 Å². The van der Waals surface area contributed by atoms with E-state index in [0.29, 0.717) is 0 Å². The zero-order valence-corrected chi connectivity index (χ0v) is 11.6. The Bertz CT molecular complexity index is 722. The zero-order valence-electron chi connectivity index (χ0n) is 10.9. The largest absolute Gasteiger partial charge is 0.384 e. The van der Waals surface area contributed by atoms with Gasteiger partial charge in [-0.15, -0.1) is 0 Å². The fourth-order valence-electron chi connectivity index (χ4n) is 2.18. The SMILES string of the molecule is Clc1cccc(CCNc2ccnc3ccncc23)c1. The van der Waals surface area contributed by atoms with E-state index in [1.54, 1.807) is 6.20 Å². The van der Waals surface area contributed by atoms with Crippen LogP contribution in [0.5, 0.6) is 0 Å². The highest BCUT2D eigenvalue weighted by atomic mass is 35.5. The molecule has 3 rings (SSSR count). The number of hydrogen-bond donors (Lipinski definition) is 1. The van der Waals surface area contributed by atoms with Crippen LogP contribution in [0.1, 0.15) is 5.56 Å². The molecule has 0 aliphatic carbocycles. The number of aromatic nitrogens is 2. The molecule has 3 nitrogen and oxygen atoms in total. The predicted molar refractivity (Wildman–Crippen MR) is 83.2 cm³/mol. The first kappa shape index (κ1) is 12.9. The number of hydrogen-bond acceptors (Lipinski definition) is 3. The summed E-state index contributed by atoms with van der Waals surface area (Å²) >= 11 is 5.98. The summed E-state index contributed by atoms with van der Waals surface area (Å²) in [6.45, 7) is 0.842. The first-order valence-electron chi connectivity index (χ1n) is 6.50. The molecule has 0 bridgehead atoms. The van der Waals surface area contributed by atoms with Gasteiger partial charge in [0, 0.05) is 41.2 Å². The number of nitrogens with one attached hydrogen (secondary N) is 1. The monoisotopic (exact) mass is 283 g/mol. The summed E-state index contributed by atoms with van der Waals surface area (Å²) < 4.78 is 0. The molecule has 0 fully saturated rings. The van der Waals surface area contributed by atoms with E-state index >= 15 is 0 Å². The first-order valence-corrected chi connectivity index (χ1v) is 6.88. The number of fused-ring (bicyclic) bond motifs is 1. The standard InChI is InChI=1S/C16H14ClN3/c17-13-3-1-2-12(10-13)4-8-19-16-6-9-20-15-5-7-18-11-14(15)16/h1-3,5-7,9-11H,4,8H2,(H,19,20). The van der Waals surface area contributed by atoms with E-state index in [9.17, 15) is 0 Å². The highest BCUT2D eigenvalue weighted by Gasteiger charge is 2.01. The lowest BCUT2D eigenvalue weighted by atomic mass is 10.1. The van der Waals surface area contributed by atoms with Crippen molar-refractivity contribution < 1.29 is 0 Å². The summed E-state index contributed by atoms with van der Waals surface area (Å²) in [6.07, 6.45) is 6.32. The maximum absolute atomic E-state index is 5.98. The van der Waals surface area contributed by atoms with E-state index in [2.05, 4.69) is 21.4 Å². The van der Waals surface area contributed by atoms with Crippen molar-refractivity contribution >= 4 is 28.2 Å². The van der Waals surface area contributed by atoms with Crippen molar-refractivity contribution in [1.29, 1.82) is 0 Å². The first-order chi connectivity index (χ1) is 9.83. The predicted octanol–water partition coefficient (Wildman–Crippen LogP) is 3.94. The molecule has 0 radical (unpaired) electrons. The maximum atomic E-state index is 5.98. The van der Waals surface area contributed by atoms with Crippen molar-refractivity contribution in [2.75, 3.05) is 11.9 Å². The van der Waals surface area contributed by atoms with Crippen molar-refractivity contribution in [2.24, 2.45) is 0 Å². The van der Waals surface area contributed by atoms with Crippen molar-refractivity contribution in [3.8, 4) is 0 Å². The van der Waals surface area contributed by atoms with Crippen molar-refractivity contribution in [3.63, 3.8) is 0 Å². The van der Waals surface area contributed by atoms with Crippen LogP contribution in [-0.2, 0) is 6.42 Å². The molecule has 2 heterocycles. The highest BCUT2D eigenvalue weighted by Crippen LogP contribution is 2.20. The quantitative estimate of drug-likeness (QED) is 0.788. The fraction of sp³-hybridized carbons (Fsp3) is 0.125. The van der Waals surface area contributed by atoms with Crippen LogP contribution in [0.4, 0.5) is 5.69 Å². The number of rotatable bonds is 4. The summed E-state index contributed by atoms with van der Waals surface area (Å²) in [5.41, 5.74) is 3.24. The Kier molecular flexibility index (Phi) is 3.79. The number of nitrogens with zero attached hydrogens (tertiary/aromatic N) is 2. The van der Waals surface area contributed by atoms with Crippen molar-refractivity contribution in [2.45, 2.75) is 6.42 Å². The Morgan fingerprint density at radius 2 is 2.05 bits per heavy atom. The van der Waals surface area contributed by atoms with E-state index in [4.69, 9.17) is 11.6 Å². The van der Waals surface area contributed by atoms with Gasteiger partial charge in [-0.05, 0) is 36.2 Å². The van der Waals surface area contributed by atoms with E-state index in [-0.39, 0.29) is 0 Å². The second-order valence-electron chi connectivity index (χ2n) is 4.56. The van der Waals surface area contributed by atoms with E-state index < -0.39 is 0 Å². The second kappa shape index (κ2) is 5.88. The van der Waals surface area contributed by atoms with Gasteiger partial charge in [-0.2, -0.15) is 0 Å². The molecule has 0 aliphatic rings. The molecule has 100 valence electrons. The van der Waals surface area contributed by atoms with Crippen LogP contribution >= 0.6 is 11.6 Å². The third-order valence-electron chi connectivity index (χ3n) is 3.16. The average Bonchev–Trinajstić information content (AvgIpc) is 2.48. The molecule has 0 saturated heterocycles. The topological polar surface area (TPSA) is 37.8 Å². The van der Waals surface area contributed by atoms with Gasteiger partial charge < -0.3 is 5.32 Å². The van der Waals surface area contributed by atoms with E-state index in [1.807, 2.05) is 42.7 Å². The number of benzene rings is 1. The van der Waals surface area contributed by atoms with Crippen LogP contribution in [0.15, 0.2) is 55.0 Å². The molecular weight excluding hydrogens is 270 g/mol. The van der Waals surface area contributed by atoms with Crippen molar-refractivity contribution in [1.82, 2.24) is 9.97 Å². The molecule has 0 unspecified atom stereocenters. The minimum absolute atomic E-state index is 0.779. The molecule has 4 heteroatoms. The van der Waals surface area contributed by atoms with Gasteiger partial charge in [-0.3, -0.25) is 9.97 Å². The van der Waals surface area contributed by atoms with Crippen LogP contribution in [0, 0.1) is 0 Å². The Balaban J connectivity index is 1.71. The summed E-state index contributed by atoms with van der Waals surface area (Å²) in [7, 11) is 0. The van der Waals surface area contributed by atoms with Gasteiger partial charge in [0.2, 0.25) is 0 Å². The Morgan fingerprint density at radius 3 is 2.95 bits per heavy atom. The molecule has 0 spiro atoms. The van der Waals surface area contributed by atoms with Crippen LogP contribution in [0.25, 0.3) is 10.9 Å². The minimum atomic E-state index is 0.779. The van der Waals surface area contributed by atoms with Gasteiger partial charge in [0.25, 0.3) is 0 Å². The second-order valence-corrected chi connectivity index (χ2v) is 4.99. The summed E-state index contributed by atoms with van der Waals surface area (Å²) in [5.74, 6) is 0. The fourth-order valence-corrected chi connectivity index (χ4v) is 2.39. The highest BCUT2D eigenvalue weighted by molar-refractivity contribution is 6.30. The molecule has 2 aromatic heterocycles. The number of anilines is 1. The van der Waals surface area contributed by atoms with Crippen LogP contribution in [-0.4, -0.2) is 16.5 Å². The normalized spacial score (nSPS) is 10.7. The van der Waals surface area contributed by atoms with E-state index in [1.165, 1.54) is 5.56 Å². The third-order valence-corrected chi connectivity index (χ3v) is 3.40. The summed E-state index contributed by atoms with van der Waals surface area (Å²) in [6, 6.07) is 11.8. The molecule has 0 amide bonds. The smallest absolute Gasteiger partial charge is 0.0753 e. The molecular formula is C16H14ClN3. The van der Waals surface area contributed by atoms with Gasteiger partial charge in [0.15, 0.2) is 0 Å². The molecule has 1 N–H and O–H groups in total. The van der Waals surface area contributed by atoms with Crippen LogP contribution < -0.4 is 5.32 Å². The van der Waals surface area contributed by atoms with Crippen molar-refractivity contribution in [3.05, 3.63) is 65.6 Å². The molecule has 20 heavy (non-hydrogen) atoms. The molecule has 3 aromatic rings. The Hall–Kier alpha value is -2.13. The number of pyridine rings is 2. The number of halogens is 1. The van der Waals surface area contributed by atoms with Gasteiger partial charge >= 0.3 is 0 Å². The summed E-state index contributed by atoms with van der Waals surface area (Å²) in [5, 5.41) is 5.25. The lowest BCUT2D eigenvalue weighted by molar-refractivity contribution is 1.02. The lowest BCUT2D eigenvalue weighted by Gasteiger charge is -2.09. The van der Waals surface area contributed by atoms with E-state index in [0.717, 1.165) is 34.6 Å². The van der Waals surface area contributed by atoms with Gasteiger partial charge in [-0.1, -0.05) is 23.7 Å². The van der Waals surface area contributed by atoms with Gasteiger partial charge in [0.1, 0.15) is 0 Å².